The van der Waals surface area contributed by atoms with E-state index < -0.39 is 57.7 Å². The fourth-order valence-corrected chi connectivity index (χ4v) is 4.44. The number of aliphatic hydroxyl groups excluding tert-OH is 1. The Morgan fingerprint density at radius 3 is 2.15 bits per heavy atom. The number of alkyl halides is 3. The number of hydrogen-bond acceptors (Lipinski definition) is 10. The van der Waals surface area contributed by atoms with Crippen LogP contribution in [0, 0.1) is 0 Å². The zero-order chi connectivity index (χ0) is 24.8. The highest BCUT2D eigenvalue weighted by atomic mass is 35.6. The summed E-state index contributed by atoms with van der Waals surface area (Å²) >= 11 is 18.7. The van der Waals surface area contributed by atoms with E-state index in [9.17, 15) is 19.5 Å². The number of rotatable bonds is 8. The van der Waals surface area contributed by atoms with Crippen molar-refractivity contribution < 1.29 is 38.4 Å². The van der Waals surface area contributed by atoms with Crippen LogP contribution in [-0.4, -0.2) is 69.4 Å². The van der Waals surface area contributed by atoms with E-state index in [1.165, 1.54) is 25.6 Å². The standard InChI is InChI=1S/C20H24Cl3NO8S/c1-10(25)29-9-14-16(30-11(2)26)17(31-12(3)27)15(24-19(28)20(21,22)23)18(32-14)33-13-7-5-4-6-8-13/h4-8,14-19,24,28H,9H2,1-3H3/t14-,15+,16-,17-,18+,19+/m1/s1. The van der Waals surface area contributed by atoms with Gasteiger partial charge in [-0.15, -0.1) is 0 Å². The molecule has 0 aliphatic carbocycles. The zero-order valence-electron chi connectivity index (χ0n) is 17.9. The Morgan fingerprint density at radius 2 is 1.64 bits per heavy atom. The van der Waals surface area contributed by atoms with E-state index in [0.29, 0.717) is 0 Å². The summed E-state index contributed by atoms with van der Waals surface area (Å²) < 4.78 is 19.9. The summed E-state index contributed by atoms with van der Waals surface area (Å²) in [7, 11) is 0. The monoisotopic (exact) mass is 543 g/mol. The molecule has 1 aromatic rings. The van der Waals surface area contributed by atoms with E-state index in [1.54, 1.807) is 0 Å². The summed E-state index contributed by atoms with van der Waals surface area (Å²) in [5.74, 6) is -1.96. The molecule has 2 rings (SSSR count). The molecular formula is C20H24Cl3NO8S. The fourth-order valence-electron chi connectivity index (χ4n) is 3.09. The molecule has 0 amide bonds. The normalized spacial score (nSPS) is 26.2. The predicted molar refractivity (Wildman–Crippen MR) is 122 cm³/mol. The largest absolute Gasteiger partial charge is 0.463 e. The highest BCUT2D eigenvalue weighted by Gasteiger charge is 2.52. The quantitative estimate of drug-likeness (QED) is 0.219. The highest BCUT2D eigenvalue weighted by molar-refractivity contribution is 7.99. The second-order valence-corrected chi connectivity index (χ2v) is 10.6. The molecular weight excluding hydrogens is 521 g/mol. The van der Waals surface area contributed by atoms with Gasteiger partial charge in [-0.05, 0) is 12.1 Å². The van der Waals surface area contributed by atoms with Crippen LogP contribution in [0.5, 0.6) is 0 Å². The van der Waals surface area contributed by atoms with Gasteiger partial charge in [-0.2, -0.15) is 0 Å². The molecule has 0 spiro atoms. The van der Waals surface area contributed by atoms with Crippen molar-refractivity contribution >= 4 is 64.5 Å². The van der Waals surface area contributed by atoms with E-state index in [0.717, 1.165) is 11.8 Å². The van der Waals surface area contributed by atoms with Crippen LogP contribution in [0.25, 0.3) is 0 Å². The Hall–Kier alpha value is -1.27. The number of carbonyl (C=O) groups excluding carboxylic acids is 3. The Bertz CT molecular complexity index is 825. The van der Waals surface area contributed by atoms with E-state index in [2.05, 4.69) is 5.32 Å². The summed E-state index contributed by atoms with van der Waals surface area (Å²) in [4.78, 5) is 35.9. The number of carbonyl (C=O) groups is 3. The Balaban J connectivity index is 2.48. The lowest BCUT2D eigenvalue weighted by Gasteiger charge is -2.46. The van der Waals surface area contributed by atoms with Crippen LogP contribution in [0.2, 0.25) is 0 Å². The number of thioether (sulfide) groups is 1. The number of benzene rings is 1. The molecule has 0 radical (unpaired) electrons. The van der Waals surface area contributed by atoms with Crippen molar-refractivity contribution in [3.05, 3.63) is 30.3 Å². The van der Waals surface area contributed by atoms with Gasteiger partial charge in [0.2, 0.25) is 3.79 Å². The van der Waals surface area contributed by atoms with Crippen LogP contribution >= 0.6 is 46.6 Å². The lowest BCUT2D eigenvalue weighted by atomic mass is 9.97. The van der Waals surface area contributed by atoms with Crippen LogP contribution < -0.4 is 5.32 Å². The molecule has 13 heteroatoms. The SMILES string of the molecule is CC(=O)OC[C@H]1O[C@@H](Sc2ccccc2)[C@@H](N[C@@H](O)C(Cl)(Cl)Cl)[C@@H](OC(C)=O)[C@@H]1OC(C)=O. The third-order valence-corrected chi connectivity index (χ3v) is 6.16. The molecule has 1 aliphatic heterocycles. The first kappa shape index (κ1) is 28.0. The number of hydrogen-bond donors (Lipinski definition) is 2. The summed E-state index contributed by atoms with van der Waals surface area (Å²) in [6.07, 6.45) is -5.08. The number of esters is 3. The minimum atomic E-state index is -2.13. The lowest BCUT2D eigenvalue weighted by Crippen LogP contribution is -2.67. The molecule has 1 aromatic carbocycles. The minimum Gasteiger partial charge on any atom is -0.463 e. The van der Waals surface area contributed by atoms with Crippen LogP contribution in [-0.2, 0) is 33.3 Å². The molecule has 9 nitrogen and oxygen atoms in total. The maximum atomic E-state index is 11.9. The summed E-state index contributed by atoms with van der Waals surface area (Å²) in [6, 6.07) is 8.07. The highest BCUT2D eigenvalue weighted by Crippen LogP contribution is 2.37. The fraction of sp³-hybridized carbons (Fsp3) is 0.550. The average Bonchev–Trinajstić information content (AvgIpc) is 2.70. The van der Waals surface area contributed by atoms with E-state index >= 15 is 0 Å². The molecule has 184 valence electrons. The molecule has 1 fully saturated rings. The molecule has 0 aromatic heterocycles. The third-order valence-electron chi connectivity index (χ3n) is 4.36. The average molecular weight is 545 g/mol. The van der Waals surface area contributed by atoms with Gasteiger partial charge in [0.1, 0.15) is 18.1 Å². The first-order valence-corrected chi connectivity index (χ1v) is 11.8. The summed E-state index contributed by atoms with van der Waals surface area (Å²) in [6.45, 7) is 3.27. The summed E-state index contributed by atoms with van der Waals surface area (Å²) in [5.41, 5.74) is -0.855. The van der Waals surface area contributed by atoms with Gasteiger partial charge in [0.05, 0.1) is 6.04 Å². The van der Waals surface area contributed by atoms with Crippen LogP contribution in [0.1, 0.15) is 20.8 Å². The molecule has 0 bridgehead atoms. The molecule has 1 heterocycles. The minimum absolute atomic E-state index is 0.281. The molecule has 0 unspecified atom stereocenters. The van der Waals surface area contributed by atoms with Gasteiger partial charge in [0, 0.05) is 25.7 Å². The van der Waals surface area contributed by atoms with Gasteiger partial charge in [-0.25, -0.2) is 0 Å². The number of aliphatic hydroxyl groups is 1. The molecule has 0 saturated carbocycles. The Labute approximate surface area is 210 Å². The van der Waals surface area contributed by atoms with Gasteiger partial charge in [-0.1, -0.05) is 64.8 Å². The van der Waals surface area contributed by atoms with Crippen molar-refractivity contribution in [1.82, 2.24) is 5.32 Å². The van der Waals surface area contributed by atoms with Gasteiger partial charge < -0.3 is 24.1 Å². The van der Waals surface area contributed by atoms with Gasteiger partial charge in [0.15, 0.2) is 18.4 Å². The van der Waals surface area contributed by atoms with Crippen molar-refractivity contribution in [2.24, 2.45) is 0 Å². The number of nitrogens with one attached hydrogen (secondary N) is 1. The first-order valence-electron chi connectivity index (χ1n) is 9.74. The number of ether oxygens (including phenoxy) is 4. The van der Waals surface area contributed by atoms with Crippen LogP contribution in [0.4, 0.5) is 0 Å². The molecule has 6 atom stereocenters. The van der Waals surface area contributed by atoms with Crippen molar-refractivity contribution in [3.8, 4) is 0 Å². The lowest BCUT2D eigenvalue weighted by molar-refractivity contribution is -0.214. The van der Waals surface area contributed by atoms with Gasteiger partial charge in [0.25, 0.3) is 0 Å². The Morgan fingerprint density at radius 1 is 1.06 bits per heavy atom. The maximum absolute atomic E-state index is 11.9. The van der Waals surface area contributed by atoms with Gasteiger partial charge in [-0.3, -0.25) is 19.7 Å². The van der Waals surface area contributed by atoms with Crippen molar-refractivity contribution in [1.29, 1.82) is 0 Å². The maximum Gasteiger partial charge on any atom is 0.303 e. The topological polar surface area (TPSA) is 120 Å². The zero-order valence-corrected chi connectivity index (χ0v) is 21.0. The van der Waals surface area contributed by atoms with Crippen molar-refractivity contribution in [2.75, 3.05) is 6.61 Å². The van der Waals surface area contributed by atoms with Crippen LogP contribution in [0.3, 0.4) is 0 Å². The first-order chi connectivity index (χ1) is 15.4. The second-order valence-electron chi connectivity index (χ2n) is 7.06. The predicted octanol–water partition coefficient (Wildman–Crippen LogP) is 2.58. The smallest absolute Gasteiger partial charge is 0.303 e. The van der Waals surface area contributed by atoms with Crippen molar-refractivity contribution in [3.63, 3.8) is 0 Å². The molecule has 33 heavy (non-hydrogen) atoms. The summed E-state index contributed by atoms with van der Waals surface area (Å²) in [5, 5.41) is 13.1. The van der Waals surface area contributed by atoms with Gasteiger partial charge >= 0.3 is 17.9 Å². The third kappa shape index (κ3) is 8.79. The van der Waals surface area contributed by atoms with Crippen LogP contribution in [0.15, 0.2) is 35.2 Å². The van der Waals surface area contributed by atoms with E-state index in [4.69, 9.17) is 53.8 Å². The van der Waals surface area contributed by atoms with E-state index in [1.807, 2.05) is 30.3 Å². The number of halogens is 3. The molecule has 2 N–H and O–H groups in total. The van der Waals surface area contributed by atoms with Crippen molar-refractivity contribution in [2.45, 2.75) is 65.5 Å². The molecule has 1 saturated heterocycles. The Kier molecular flexibility index (Phi) is 10.5. The second kappa shape index (κ2) is 12.4. The van der Waals surface area contributed by atoms with E-state index in [-0.39, 0.29) is 6.61 Å². The molecule has 1 aliphatic rings.